The molecule has 0 heterocycles. The normalized spacial score (nSPS) is 19.1. The van der Waals surface area contributed by atoms with Crippen molar-refractivity contribution in [3.63, 3.8) is 0 Å². The van der Waals surface area contributed by atoms with E-state index in [2.05, 4.69) is 46.6 Å². The molecule has 104 valence electrons. The number of nitrogens with two attached hydrogens (primary N) is 1. The first-order valence-electron chi connectivity index (χ1n) is 7.40. The fraction of sp³-hybridized carbons (Fsp3) is 1.00. The van der Waals surface area contributed by atoms with Gasteiger partial charge in [-0.1, -0.05) is 40.5 Å². The van der Waals surface area contributed by atoms with Crippen molar-refractivity contribution in [1.29, 1.82) is 0 Å². The van der Waals surface area contributed by atoms with Crippen molar-refractivity contribution in [2.45, 2.75) is 78.3 Å². The largest absolute Gasteiger partial charge is 0.329 e. The zero-order valence-electron chi connectivity index (χ0n) is 12.9. The predicted molar refractivity (Wildman–Crippen MR) is 78.3 cm³/mol. The Morgan fingerprint density at radius 3 is 2.12 bits per heavy atom. The van der Waals surface area contributed by atoms with Crippen LogP contribution in [-0.4, -0.2) is 30.1 Å². The molecule has 0 aliphatic heterocycles. The monoisotopic (exact) mass is 242 g/mol. The summed E-state index contributed by atoms with van der Waals surface area (Å²) in [5.74, 6) is 0.759. The highest BCUT2D eigenvalue weighted by Crippen LogP contribution is 2.29. The summed E-state index contributed by atoms with van der Waals surface area (Å²) < 4.78 is 0. The lowest BCUT2D eigenvalue weighted by molar-refractivity contribution is 0.0544. The smallest absolute Gasteiger partial charge is 0.0331 e. The molecule has 0 amide bonds. The molecule has 2 nitrogen and oxygen atoms in total. The van der Waals surface area contributed by atoms with Crippen LogP contribution in [0.1, 0.15) is 66.7 Å². The summed E-state index contributed by atoms with van der Waals surface area (Å²) >= 11 is 0. The Hall–Kier alpha value is -0.0800. The van der Waals surface area contributed by atoms with E-state index in [1.807, 2.05) is 0 Å². The van der Waals surface area contributed by atoms with Gasteiger partial charge in [0, 0.05) is 18.1 Å². The highest BCUT2D eigenvalue weighted by atomic mass is 15.2. The third-order valence-electron chi connectivity index (χ3n) is 4.58. The minimum atomic E-state index is 0.198. The summed E-state index contributed by atoms with van der Waals surface area (Å²) in [5.41, 5.74) is 6.31. The zero-order chi connectivity index (χ0) is 13.5. The quantitative estimate of drug-likeness (QED) is 0.669. The number of nitrogens with zero attached hydrogens (tertiary/aromatic N) is 1. The third kappa shape index (κ3) is 4.59. The Kier molecular flexibility index (Phi) is 8.06. The van der Waals surface area contributed by atoms with Crippen LogP contribution in [0.2, 0.25) is 0 Å². The lowest BCUT2D eigenvalue weighted by Crippen LogP contribution is -2.55. The van der Waals surface area contributed by atoms with E-state index < -0.39 is 0 Å². The van der Waals surface area contributed by atoms with E-state index in [0.29, 0.717) is 6.04 Å². The molecule has 0 aromatic carbocycles. The van der Waals surface area contributed by atoms with Crippen LogP contribution in [0.5, 0.6) is 0 Å². The molecule has 3 unspecified atom stereocenters. The van der Waals surface area contributed by atoms with Crippen LogP contribution in [0.3, 0.4) is 0 Å². The van der Waals surface area contributed by atoms with E-state index in [4.69, 9.17) is 5.73 Å². The van der Waals surface area contributed by atoms with Crippen LogP contribution < -0.4 is 5.73 Å². The molecule has 3 atom stereocenters. The number of likely N-dealkylation sites (N-methyl/N-ethyl adjacent to an activating group) is 1. The highest BCUT2D eigenvalue weighted by Gasteiger charge is 2.34. The van der Waals surface area contributed by atoms with Gasteiger partial charge in [0.2, 0.25) is 0 Å². The van der Waals surface area contributed by atoms with Crippen LogP contribution in [0.4, 0.5) is 0 Å². The van der Waals surface area contributed by atoms with Gasteiger partial charge in [-0.2, -0.15) is 0 Å². The van der Waals surface area contributed by atoms with E-state index in [1.165, 1.54) is 25.7 Å². The summed E-state index contributed by atoms with van der Waals surface area (Å²) in [6.45, 7) is 12.3. The molecule has 0 spiro atoms. The molecule has 0 fully saturated rings. The van der Waals surface area contributed by atoms with E-state index in [-0.39, 0.29) is 5.54 Å². The average Bonchev–Trinajstić information content (AvgIpc) is 2.35. The van der Waals surface area contributed by atoms with Gasteiger partial charge in [-0.3, -0.25) is 4.90 Å². The highest BCUT2D eigenvalue weighted by molar-refractivity contribution is 4.92. The van der Waals surface area contributed by atoms with Crippen LogP contribution in [0.15, 0.2) is 0 Å². The average molecular weight is 242 g/mol. The van der Waals surface area contributed by atoms with Gasteiger partial charge in [-0.15, -0.1) is 0 Å². The summed E-state index contributed by atoms with van der Waals surface area (Å²) in [4.78, 5) is 2.54. The molecule has 0 bridgehead atoms. The van der Waals surface area contributed by atoms with Crippen molar-refractivity contribution in [2.24, 2.45) is 11.7 Å². The minimum Gasteiger partial charge on any atom is -0.329 e. The molecule has 17 heavy (non-hydrogen) atoms. The van der Waals surface area contributed by atoms with Gasteiger partial charge < -0.3 is 5.73 Å². The molecular formula is C15H34N2. The lowest BCUT2D eigenvalue weighted by atomic mass is 9.82. The van der Waals surface area contributed by atoms with Gasteiger partial charge in [0.05, 0.1) is 0 Å². The SMILES string of the molecule is CCCC(C)N(C)C(CC)(CN)CC(C)CC. The van der Waals surface area contributed by atoms with E-state index in [9.17, 15) is 0 Å². The van der Waals surface area contributed by atoms with Crippen LogP contribution in [0.25, 0.3) is 0 Å². The number of hydrogen-bond acceptors (Lipinski definition) is 2. The lowest BCUT2D eigenvalue weighted by Gasteiger charge is -2.45. The number of rotatable bonds is 9. The molecule has 2 heteroatoms. The molecule has 0 saturated carbocycles. The topological polar surface area (TPSA) is 29.3 Å². The number of hydrogen-bond donors (Lipinski definition) is 1. The molecule has 0 radical (unpaired) electrons. The van der Waals surface area contributed by atoms with Crippen molar-refractivity contribution in [2.75, 3.05) is 13.6 Å². The van der Waals surface area contributed by atoms with Crippen molar-refractivity contribution >= 4 is 0 Å². The Morgan fingerprint density at radius 2 is 1.76 bits per heavy atom. The summed E-state index contributed by atoms with van der Waals surface area (Å²) in [7, 11) is 2.26. The first kappa shape index (κ1) is 16.9. The van der Waals surface area contributed by atoms with Crippen LogP contribution in [0, 0.1) is 5.92 Å². The maximum Gasteiger partial charge on any atom is 0.0331 e. The molecule has 0 saturated heterocycles. The van der Waals surface area contributed by atoms with Crippen molar-refractivity contribution in [1.82, 2.24) is 4.90 Å². The van der Waals surface area contributed by atoms with E-state index >= 15 is 0 Å². The third-order valence-corrected chi connectivity index (χ3v) is 4.58. The second-order valence-electron chi connectivity index (χ2n) is 5.75. The second kappa shape index (κ2) is 8.10. The molecule has 0 aromatic rings. The molecule has 2 N–H and O–H groups in total. The summed E-state index contributed by atoms with van der Waals surface area (Å²) in [6, 6.07) is 0.632. The van der Waals surface area contributed by atoms with Gasteiger partial charge in [0.25, 0.3) is 0 Å². The molecule has 0 aliphatic carbocycles. The van der Waals surface area contributed by atoms with Gasteiger partial charge in [0.15, 0.2) is 0 Å². The van der Waals surface area contributed by atoms with E-state index in [1.54, 1.807) is 0 Å². The molecule has 0 rings (SSSR count). The maximum atomic E-state index is 6.11. The summed E-state index contributed by atoms with van der Waals surface area (Å²) in [6.07, 6.45) is 6.13. The standard InChI is InChI=1S/C15H34N2/c1-7-10-14(5)17(6)15(9-3,12-16)11-13(4)8-2/h13-14H,7-12,16H2,1-6H3. The predicted octanol–water partition coefficient (Wildman–Crippen LogP) is 3.65. The van der Waals surface area contributed by atoms with Gasteiger partial charge in [-0.05, 0) is 39.2 Å². The maximum absolute atomic E-state index is 6.11. The van der Waals surface area contributed by atoms with Crippen molar-refractivity contribution in [3.05, 3.63) is 0 Å². The van der Waals surface area contributed by atoms with Gasteiger partial charge >= 0.3 is 0 Å². The van der Waals surface area contributed by atoms with Gasteiger partial charge in [-0.25, -0.2) is 0 Å². The zero-order valence-corrected chi connectivity index (χ0v) is 12.9. The first-order chi connectivity index (χ1) is 7.97. The summed E-state index contributed by atoms with van der Waals surface area (Å²) in [5, 5.41) is 0. The van der Waals surface area contributed by atoms with Crippen molar-refractivity contribution in [3.8, 4) is 0 Å². The van der Waals surface area contributed by atoms with E-state index in [0.717, 1.165) is 18.9 Å². The Bertz CT molecular complexity index is 187. The Labute approximate surface area is 109 Å². The molecule has 0 aromatic heterocycles. The van der Waals surface area contributed by atoms with Crippen LogP contribution >= 0.6 is 0 Å². The van der Waals surface area contributed by atoms with Crippen molar-refractivity contribution < 1.29 is 0 Å². The Balaban J connectivity index is 4.78. The second-order valence-corrected chi connectivity index (χ2v) is 5.75. The Morgan fingerprint density at radius 1 is 1.18 bits per heavy atom. The fourth-order valence-electron chi connectivity index (χ4n) is 2.78. The first-order valence-corrected chi connectivity index (χ1v) is 7.40. The van der Waals surface area contributed by atoms with Crippen LogP contribution in [-0.2, 0) is 0 Å². The minimum absolute atomic E-state index is 0.198. The fourth-order valence-corrected chi connectivity index (χ4v) is 2.78. The van der Waals surface area contributed by atoms with Gasteiger partial charge in [0.1, 0.15) is 0 Å². The molecular weight excluding hydrogens is 208 g/mol. The molecule has 0 aliphatic rings.